The molecule has 0 spiro atoms. The maximum absolute atomic E-state index is 10.9. The molecule has 0 saturated carbocycles. The van der Waals surface area contributed by atoms with Gasteiger partial charge in [-0.1, -0.05) is 146 Å². The van der Waals surface area contributed by atoms with Gasteiger partial charge in [-0.05, 0) is 172 Å². The molecule has 0 aliphatic heterocycles. The third-order valence-electron chi connectivity index (χ3n) is 16.9. The lowest BCUT2D eigenvalue weighted by Crippen LogP contribution is -2.03. The van der Waals surface area contributed by atoms with Crippen molar-refractivity contribution in [3.8, 4) is 131 Å². The maximum Gasteiger partial charge on any atom is 0.160 e. The molecular weight excluding hydrogens is 1100 g/mol. The Kier molecular flexibility index (Phi) is 13.3. The summed E-state index contributed by atoms with van der Waals surface area (Å²) in [5.41, 5.74) is 21.8. The van der Waals surface area contributed by atoms with Crippen LogP contribution >= 0.6 is 0 Å². The van der Waals surface area contributed by atoms with Gasteiger partial charge in [0.1, 0.15) is 0 Å². The number of benzene rings is 12. The van der Waals surface area contributed by atoms with Gasteiger partial charge in [0.05, 0.1) is 103 Å². The van der Waals surface area contributed by atoms with Crippen LogP contribution in [0.2, 0.25) is 0 Å². The van der Waals surface area contributed by atoms with E-state index in [2.05, 4.69) is 155 Å². The van der Waals surface area contributed by atoms with E-state index in [1.54, 1.807) is 0 Å². The van der Waals surface area contributed by atoms with Gasteiger partial charge in [-0.2, -0.15) is 26.3 Å². The molecule has 0 fully saturated rings. The summed E-state index contributed by atoms with van der Waals surface area (Å²) in [7, 11) is 0. The van der Waals surface area contributed by atoms with Gasteiger partial charge >= 0.3 is 0 Å². The molecule has 12 aromatic carbocycles. The second-order valence-corrected chi connectivity index (χ2v) is 22.1. The summed E-state index contributed by atoms with van der Waals surface area (Å²) in [6.45, 7) is 0. The van der Waals surface area contributed by atoms with Crippen molar-refractivity contribution in [1.29, 1.82) is 26.3 Å². The third-order valence-corrected chi connectivity index (χ3v) is 16.9. The predicted octanol–water partition coefficient (Wildman–Crippen LogP) is 19.4. The Hall–Kier alpha value is -13.2. The van der Waals surface area contributed by atoms with Crippen LogP contribution in [-0.2, 0) is 0 Å². The summed E-state index contributed by atoms with van der Waals surface area (Å²) >= 11 is 0. The molecule has 3 heterocycles. The van der Waals surface area contributed by atoms with E-state index in [1.807, 2.05) is 158 Å². The van der Waals surface area contributed by atoms with Crippen LogP contribution in [0.4, 0.5) is 0 Å². The van der Waals surface area contributed by atoms with Crippen LogP contribution in [0, 0.1) is 56.7 Å². The van der Waals surface area contributed by atoms with Crippen molar-refractivity contribution in [3.05, 3.63) is 301 Å². The number of hydrogen-bond donors (Lipinski definition) is 0. The van der Waals surface area contributed by atoms with Crippen molar-refractivity contribution in [2.45, 2.75) is 0 Å². The van der Waals surface area contributed by atoms with E-state index in [9.17, 15) is 26.3 Å². The predicted molar refractivity (Wildman–Crippen MR) is 358 cm³/mol. The topological polar surface area (TPSA) is 155 Å². The zero-order valence-corrected chi connectivity index (χ0v) is 48.0. The van der Waals surface area contributed by atoms with Crippen molar-refractivity contribution >= 4 is 43.6 Å². The highest BCUT2D eigenvalue weighted by Crippen LogP contribution is 2.45. The molecule has 0 aliphatic rings. The molecule has 90 heavy (non-hydrogen) atoms. The normalized spacial score (nSPS) is 11.1. The average molecular weight is 1140 g/mol. The fourth-order valence-corrected chi connectivity index (χ4v) is 12.4. The fraction of sp³-hybridized carbons (Fsp3) is 0. The van der Waals surface area contributed by atoms with E-state index in [0.717, 1.165) is 133 Å². The molecule has 3 aromatic heterocycles. The summed E-state index contributed by atoms with van der Waals surface area (Å²) in [6.07, 6.45) is 0. The zero-order chi connectivity index (χ0) is 60.8. The number of rotatable bonds is 10. The number of aromatic nitrogens is 4. The minimum absolute atomic E-state index is 0.480. The maximum atomic E-state index is 10.9. The molecule has 15 aromatic rings. The van der Waals surface area contributed by atoms with Crippen molar-refractivity contribution < 1.29 is 0 Å². The van der Waals surface area contributed by atoms with E-state index in [-0.39, 0.29) is 0 Å². The number of nitriles is 5. The molecule has 15 rings (SSSR count). The first kappa shape index (κ1) is 53.5. The lowest BCUT2D eigenvalue weighted by atomic mass is 9.96. The van der Waals surface area contributed by atoms with Crippen LogP contribution in [0.5, 0.6) is 0 Å². The van der Waals surface area contributed by atoms with Gasteiger partial charge in [-0.15, -0.1) is 0 Å². The van der Waals surface area contributed by atoms with E-state index in [4.69, 9.17) is 9.97 Å². The standard InChI is InChI=1S/C81H45N9/c82-46-51-11-20-56(21-12-51)62-29-35-76-69(40-62)70-41-63(57-22-13-52(47-83)14-23-57)30-36-77(70)89(76)75-34-19-55(50-86)39-68(75)67-33-28-66(74-45-73(60-7-3-1-4-8-60)87-81(88-74)61-9-5-2-6-10-61)44-80(67)90-78-37-31-64(58-24-15-53(48-84)16-25-58)42-71(78)72-43-65(32-38-79(72)90)59-26-17-54(49-85)18-27-59/h1-45H. The lowest BCUT2D eigenvalue weighted by molar-refractivity contribution is 1.15. The molecule has 0 amide bonds. The van der Waals surface area contributed by atoms with Crippen LogP contribution in [0.15, 0.2) is 273 Å². The van der Waals surface area contributed by atoms with Crippen LogP contribution < -0.4 is 0 Å². The fourth-order valence-electron chi connectivity index (χ4n) is 12.4. The molecule has 0 radical (unpaired) electrons. The Bertz CT molecular complexity index is 5320. The molecule has 0 aliphatic carbocycles. The van der Waals surface area contributed by atoms with Crippen molar-refractivity contribution in [3.63, 3.8) is 0 Å². The molecule has 9 heteroatoms. The van der Waals surface area contributed by atoms with Gasteiger partial charge in [0.15, 0.2) is 5.82 Å². The highest BCUT2D eigenvalue weighted by molar-refractivity contribution is 6.14. The molecule has 0 bridgehead atoms. The number of fused-ring (bicyclic) bond motifs is 6. The number of nitrogens with zero attached hydrogens (tertiary/aromatic N) is 9. The van der Waals surface area contributed by atoms with Crippen LogP contribution in [0.25, 0.3) is 145 Å². The monoisotopic (exact) mass is 1140 g/mol. The van der Waals surface area contributed by atoms with E-state index in [0.29, 0.717) is 39.3 Å². The van der Waals surface area contributed by atoms with Crippen LogP contribution in [0.3, 0.4) is 0 Å². The first-order chi connectivity index (χ1) is 44.3. The average Bonchev–Trinajstić information content (AvgIpc) is 2.36. The number of hydrogen-bond acceptors (Lipinski definition) is 7. The largest absolute Gasteiger partial charge is 0.309 e. The van der Waals surface area contributed by atoms with Gasteiger partial charge < -0.3 is 9.13 Å². The van der Waals surface area contributed by atoms with Crippen LogP contribution in [0.1, 0.15) is 27.8 Å². The molecule has 0 atom stereocenters. The van der Waals surface area contributed by atoms with Gasteiger partial charge in [0, 0.05) is 49.4 Å². The summed E-state index contributed by atoms with van der Waals surface area (Å²) in [6, 6.07) is 103. The van der Waals surface area contributed by atoms with Crippen molar-refractivity contribution in [1.82, 2.24) is 19.1 Å². The quantitative estimate of drug-likeness (QED) is 0.132. The van der Waals surface area contributed by atoms with Gasteiger partial charge in [-0.25, -0.2) is 9.97 Å². The minimum Gasteiger partial charge on any atom is -0.309 e. The molecule has 9 nitrogen and oxygen atoms in total. The third kappa shape index (κ3) is 9.52. The second kappa shape index (κ2) is 22.3. The Morgan fingerprint density at radius 2 is 0.567 bits per heavy atom. The first-order valence-corrected chi connectivity index (χ1v) is 29.2. The zero-order valence-electron chi connectivity index (χ0n) is 48.0. The SMILES string of the molecule is N#Cc1ccc(-c2ccc3c(c2)c2cc(-c4ccc(C#N)cc4)ccc2n3-c2ccc(C#N)cc2-c2ccc(-c3cc(-c4ccccc4)nc(-c4ccccc4)n3)cc2-n2c3ccc(-c4ccc(C#N)cc4)cc3c3cc(-c4ccc(C#N)cc4)ccc32)cc1. The van der Waals surface area contributed by atoms with E-state index in [1.165, 1.54) is 0 Å². The molecular formula is C81H45N9. The van der Waals surface area contributed by atoms with Gasteiger partial charge in [0.25, 0.3) is 0 Å². The first-order valence-electron chi connectivity index (χ1n) is 29.2. The Balaban J connectivity index is 1.02. The Morgan fingerprint density at radius 1 is 0.233 bits per heavy atom. The van der Waals surface area contributed by atoms with E-state index >= 15 is 0 Å². The highest BCUT2D eigenvalue weighted by atomic mass is 15.0. The van der Waals surface area contributed by atoms with Gasteiger partial charge in [-0.3, -0.25) is 0 Å². The smallest absolute Gasteiger partial charge is 0.160 e. The second-order valence-electron chi connectivity index (χ2n) is 22.1. The summed E-state index contributed by atoms with van der Waals surface area (Å²) < 4.78 is 4.63. The van der Waals surface area contributed by atoms with E-state index < -0.39 is 0 Å². The molecule has 0 saturated heterocycles. The van der Waals surface area contributed by atoms with Crippen LogP contribution in [-0.4, -0.2) is 19.1 Å². The van der Waals surface area contributed by atoms with Gasteiger partial charge in [0.2, 0.25) is 0 Å². The molecule has 0 N–H and O–H groups in total. The summed E-state index contributed by atoms with van der Waals surface area (Å²) in [4.78, 5) is 10.5. The minimum atomic E-state index is 0.480. The van der Waals surface area contributed by atoms with Crippen molar-refractivity contribution in [2.24, 2.45) is 0 Å². The van der Waals surface area contributed by atoms with Crippen molar-refractivity contribution in [2.75, 3.05) is 0 Å². The lowest BCUT2D eigenvalue weighted by Gasteiger charge is -2.20. The summed E-state index contributed by atoms with van der Waals surface area (Å²) in [5, 5.41) is 53.8. The Labute approximate surface area is 518 Å². The molecule has 414 valence electrons. The summed E-state index contributed by atoms with van der Waals surface area (Å²) in [5.74, 6) is 0.583. The molecule has 0 unspecified atom stereocenters. The highest BCUT2D eigenvalue weighted by Gasteiger charge is 2.24. The Morgan fingerprint density at radius 3 is 0.956 bits per heavy atom.